The zero-order chi connectivity index (χ0) is 19.1. The first kappa shape index (κ1) is 19.9. The molecule has 0 bridgehead atoms. The van der Waals surface area contributed by atoms with Crippen molar-refractivity contribution in [2.45, 2.75) is 77.0 Å². The molecule has 1 aromatic carbocycles. The highest BCUT2D eigenvalue weighted by atomic mass is 16.5. The monoisotopic (exact) mass is 366 g/mol. The maximum absolute atomic E-state index is 9.51. The van der Waals surface area contributed by atoms with Crippen LogP contribution < -0.4 is 4.74 Å². The molecule has 0 aromatic heterocycles. The quantitative estimate of drug-likeness (QED) is 0.444. The van der Waals surface area contributed by atoms with Gasteiger partial charge in [-0.2, -0.15) is 0 Å². The number of aliphatic hydroxyl groups is 1. The lowest BCUT2D eigenvalue weighted by Gasteiger charge is -2.43. The van der Waals surface area contributed by atoms with E-state index in [2.05, 4.69) is 30.6 Å². The summed E-state index contributed by atoms with van der Waals surface area (Å²) in [5, 5.41) is 9.51. The Balaban J connectivity index is 1.55. The van der Waals surface area contributed by atoms with Crippen LogP contribution in [0.2, 0.25) is 0 Å². The summed E-state index contributed by atoms with van der Waals surface area (Å²) in [5.41, 5.74) is 1.73. The van der Waals surface area contributed by atoms with Crippen LogP contribution in [0, 0.1) is 23.2 Å². The highest BCUT2D eigenvalue weighted by Crippen LogP contribution is 2.49. The van der Waals surface area contributed by atoms with E-state index in [1.807, 2.05) is 19.1 Å². The molecular weight excluding hydrogens is 332 g/mol. The van der Waals surface area contributed by atoms with Crippen LogP contribution in [0.5, 0.6) is 5.75 Å². The molecule has 1 N–H and O–H groups in total. The predicted octanol–water partition coefficient (Wildman–Crippen LogP) is 6.77. The van der Waals surface area contributed by atoms with Crippen LogP contribution in [0.15, 0.2) is 36.6 Å². The molecule has 2 nitrogen and oxygen atoms in total. The van der Waals surface area contributed by atoms with Crippen LogP contribution in [-0.4, -0.2) is 11.7 Å². The van der Waals surface area contributed by atoms with Crippen molar-refractivity contribution in [1.82, 2.24) is 0 Å². The molecule has 0 saturated heterocycles. The molecule has 27 heavy (non-hydrogen) atoms. The predicted molar refractivity (Wildman–Crippen MR) is 112 cm³/mol. The van der Waals surface area contributed by atoms with Gasteiger partial charge in [-0.15, -0.1) is 5.92 Å². The number of ether oxygens (including phenoxy) is 1. The number of aliphatic hydroxyl groups excluding tert-OH is 1. The number of hydrogen-bond donors (Lipinski definition) is 1. The molecule has 3 rings (SSSR count). The molecular formula is C25H34O2. The molecule has 2 atom stereocenters. The van der Waals surface area contributed by atoms with Crippen molar-refractivity contribution >= 4 is 0 Å². The second-order valence-electron chi connectivity index (χ2n) is 8.62. The van der Waals surface area contributed by atoms with Gasteiger partial charge >= 0.3 is 0 Å². The SMILES string of the molecule is C=C(O)C[C@H](C#CC)c1ccc(OCC2CCCC3(CCCCC3)C2)cc1. The smallest absolute Gasteiger partial charge is 0.119 e. The molecule has 0 radical (unpaired) electrons. The fourth-order valence-electron chi connectivity index (χ4n) is 5.15. The van der Waals surface area contributed by atoms with Crippen molar-refractivity contribution in [3.05, 3.63) is 42.2 Å². The van der Waals surface area contributed by atoms with Crippen LogP contribution in [0.4, 0.5) is 0 Å². The van der Waals surface area contributed by atoms with Crippen molar-refractivity contribution in [3.63, 3.8) is 0 Å². The molecule has 1 unspecified atom stereocenters. The Kier molecular flexibility index (Phi) is 6.89. The Morgan fingerprint density at radius 2 is 1.89 bits per heavy atom. The summed E-state index contributed by atoms with van der Waals surface area (Å²) >= 11 is 0. The van der Waals surface area contributed by atoms with Gasteiger partial charge in [0.15, 0.2) is 0 Å². The summed E-state index contributed by atoms with van der Waals surface area (Å²) in [5.74, 6) is 7.91. The molecule has 2 heteroatoms. The van der Waals surface area contributed by atoms with Gasteiger partial charge in [0.1, 0.15) is 5.75 Å². The van der Waals surface area contributed by atoms with E-state index < -0.39 is 0 Å². The maximum atomic E-state index is 9.51. The summed E-state index contributed by atoms with van der Waals surface area (Å²) in [6.07, 6.45) is 13.1. The van der Waals surface area contributed by atoms with Gasteiger partial charge in [0.2, 0.25) is 0 Å². The molecule has 1 spiro atoms. The van der Waals surface area contributed by atoms with E-state index in [9.17, 15) is 5.11 Å². The second kappa shape index (κ2) is 9.36. The Bertz CT molecular complexity index is 665. The van der Waals surface area contributed by atoms with Gasteiger partial charge in [0, 0.05) is 6.42 Å². The lowest BCUT2D eigenvalue weighted by Crippen LogP contribution is -2.33. The largest absolute Gasteiger partial charge is 0.513 e. The minimum Gasteiger partial charge on any atom is -0.513 e. The van der Waals surface area contributed by atoms with Gasteiger partial charge in [-0.1, -0.05) is 50.3 Å². The fraction of sp³-hybridized carbons (Fsp3) is 0.600. The van der Waals surface area contributed by atoms with Crippen LogP contribution in [0.3, 0.4) is 0 Å². The van der Waals surface area contributed by atoms with Crippen LogP contribution in [-0.2, 0) is 0 Å². The van der Waals surface area contributed by atoms with Gasteiger partial charge in [0.25, 0.3) is 0 Å². The van der Waals surface area contributed by atoms with Gasteiger partial charge in [-0.25, -0.2) is 0 Å². The van der Waals surface area contributed by atoms with Crippen LogP contribution >= 0.6 is 0 Å². The molecule has 146 valence electrons. The first-order chi connectivity index (χ1) is 13.1. The highest BCUT2D eigenvalue weighted by molar-refractivity contribution is 5.34. The number of rotatable bonds is 6. The van der Waals surface area contributed by atoms with Crippen LogP contribution in [0.1, 0.15) is 82.6 Å². The van der Waals surface area contributed by atoms with E-state index in [0.29, 0.717) is 17.8 Å². The highest BCUT2D eigenvalue weighted by Gasteiger charge is 2.37. The summed E-state index contributed by atoms with van der Waals surface area (Å²) in [6, 6.07) is 8.21. The Hall–Kier alpha value is -1.88. The zero-order valence-electron chi connectivity index (χ0n) is 16.8. The third kappa shape index (κ3) is 5.55. The van der Waals surface area contributed by atoms with E-state index in [0.717, 1.165) is 17.9 Å². The van der Waals surface area contributed by atoms with Gasteiger partial charge in [-0.3, -0.25) is 0 Å². The van der Waals surface area contributed by atoms with E-state index in [4.69, 9.17) is 4.74 Å². The van der Waals surface area contributed by atoms with Crippen molar-refractivity contribution in [3.8, 4) is 17.6 Å². The molecule has 2 saturated carbocycles. The molecule has 0 amide bonds. The first-order valence-electron chi connectivity index (χ1n) is 10.6. The average molecular weight is 367 g/mol. The lowest BCUT2D eigenvalue weighted by molar-refractivity contribution is 0.0658. The normalized spacial score (nSPS) is 22.5. The number of hydrogen-bond acceptors (Lipinski definition) is 2. The molecule has 1 aromatic rings. The third-order valence-corrected chi connectivity index (χ3v) is 6.48. The molecule has 0 aliphatic heterocycles. The van der Waals surface area contributed by atoms with Crippen molar-refractivity contribution in [2.75, 3.05) is 6.61 Å². The summed E-state index contributed by atoms with van der Waals surface area (Å²) < 4.78 is 6.15. The van der Waals surface area contributed by atoms with Gasteiger partial charge < -0.3 is 9.84 Å². The van der Waals surface area contributed by atoms with Crippen molar-refractivity contribution in [1.29, 1.82) is 0 Å². The van der Waals surface area contributed by atoms with E-state index in [1.165, 1.54) is 57.8 Å². The maximum Gasteiger partial charge on any atom is 0.119 e. The number of benzene rings is 1. The average Bonchev–Trinajstić information content (AvgIpc) is 2.67. The van der Waals surface area contributed by atoms with E-state index in [-0.39, 0.29) is 11.7 Å². The first-order valence-corrected chi connectivity index (χ1v) is 10.6. The Labute approximate surface area is 165 Å². The minimum absolute atomic E-state index is 0.00828. The van der Waals surface area contributed by atoms with Crippen molar-refractivity contribution < 1.29 is 9.84 Å². The second-order valence-corrected chi connectivity index (χ2v) is 8.62. The molecule has 0 heterocycles. The van der Waals surface area contributed by atoms with Gasteiger partial charge in [-0.05, 0) is 68.1 Å². The number of allylic oxidation sites excluding steroid dienone is 1. The standard InChI is InChI=1S/C25H34O2/c1-3-8-23(17-20(2)26)22-10-12-24(13-11-22)27-19-21-9-7-16-25(18-21)14-5-4-6-15-25/h10-13,21,23,26H,2,4-7,9,14-19H2,1H3/t21?,23-/m0/s1. The van der Waals surface area contributed by atoms with E-state index >= 15 is 0 Å². The summed E-state index contributed by atoms with van der Waals surface area (Å²) in [4.78, 5) is 0. The van der Waals surface area contributed by atoms with Gasteiger partial charge in [0.05, 0.1) is 18.3 Å². The van der Waals surface area contributed by atoms with E-state index in [1.54, 1.807) is 0 Å². The van der Waals surface area contributed by atoms with Crippen LogP contribution in [0.25, 0.3) is 0 Å². The topological polar surface area (TPSA) is 29.5 Å². The Morgan fingerprint density at radius 3 is 2.56 bits per heavy atom. The summed E-state index contributed by atoms with van der Waals surface area (Å²) in [7, 11) is 0. The summed E-state index contributed by atoms with van der Waals surface area (Å²) in [6.45, 7) is 6.27. The third-order valence-electron chi connectivity index (χ3n) is 6.48. The van der Waals surface area contributed by atoms with Crippen molar-refractivity contribution in [2.24, 2.45) is 11.3 Å². The fourth-order valence-corrected chi connectivity index (χ4v) is 5.15. The minimum atomic E-state index is -0.00828. The molecule has 2 aliphatic carbocycles. The lowest BCUT2D eigenvalue weighted by atomic mass is 9.63. The zero-order valence-corrected chi connectivity index (χ0v) is 16.8. The Morgan fingerprint density at radius 1 is 1.19 bits per heavy atom. The molecule has 2 aliphatic rings. The molecule has 2 fully saturated rings.